The Bertz CT molecular complexity index is 752. The highest BCUT2D eigenvalue weighted by molar-refractivity contribution is 7.15. The van der Waals surface area contributed by atoms with E-state index in [1.54, 1.807) is 6.20 Å². The first-order valence-corrected chi connectivity index (χ1v) is 7.08. The van der Waals surface area contributed by atoms with E-state index in [1.165, 1.54) is 16.2 Å². The Hall–Kier alpha value is -1.65. The summed E-state index contributed by atoms with van der Waals surface area (Å²) in [6, 6.07) is 7.82. The summed E-state index contributed by atoms with van der Waals surface area (Å²) in [5, 5.41) is 2.32. The lowest BCUT2D eigenvalue weighted by atomic mass is 10.1. The van der Waals surface area contributed by atoms with E-state index in [0.717, 1.165) is 33.6 Å². The first-order chi connectivity index (χ1) is 9.15. The molecule has 0 saturated carbocycles. The van der Waals surface area contributed by atoms with Gasteiger partial charge in [-0.15, -0.1) is 11.3 Å². The molecular formula is C14H12ClN3S. The number of rotatable bonds is 2. The monoisotopic (exact) mass is 289 g/mol. The van der Waals surface area contributed by atoms with Crippen molar-refractivity contribution in [3.8, 4) is 0 Å². The predicted molar refractivity (Wildman–Crippen MR) is 80.8 cm³/mol. The van der Waals surface area contributed by atoms with Crippen LogP contribution >= 0.6 is 22.9 Å². The van der Waals surface area contributed by atoms with E-state index in [1.807, 2.05) is 31.2 Å². The summed E-state index contributed by atoms with van der Waals surface area (Å²) in [6.45, 7) is 1.98. The van der Waals surface area contributed by atoms with Crippen molar-refractivity contribution >= 4 is 39.0 Å². The summed E-state index contributed by atoms with van der Waals surface area (Å²) < 4.78 is 0. The van der Waals surface area contributed by atoms with E-state index in [0.29, 0.717) is 5.13 Å². The summed E-state index contributed by atoms with van der Waals surface area (Å²) >= 11 is 7.73. The molecule has 3 aromatic rings. The van der Waals surface area contributed by atoms with E-state index in [9.17, 15) is 0 Å². The Labute approximate surface area is 120 Å². The summed E-state index contributed by atoms with van der Waals surface area (Å²) in [4.78, 5) is 9.87. The first kappa shape index (κ1) is 12.4. The topological polar surface area (TPSA) is 51.8 Å². The van der Waals surface area contributed by atoms with Gasteiger partial charge in [0.2, 0.25) is 0 Å². The molecule has 0 aliphatic carbocycles. The van der Waals surface area contributed by atoms with Gasteiger partial charge < -0.3 is 5.73 Å². The normalized spacial score (nSPS) is 11.1. The maximum atomic E-state index is 6.20. The second-order valence-corrected chi connectivity index (χ2v) is 5.87. The average Bonchev–Trinajstić information content (AvgIpc) is 2.72. The number of fused-ring (bicyclic) bond motifs is 1. The van der Waals surface area contributed by atoms with Gasteiger partial charge in [0, 0.05) is 27.9 Å². The highest BCUT2D eigenvalue weighted by Crippen LogP contribution is 2.29. The number of hydrogen-bond acceptors (Lipinski definition) is 4. The number of pyridine rings is 1. The van der Waals surface area contributed by atoms with Crippen LogP contribution in [-0.4, -0.2) is 9.97 Å². The molecule has 5 heteroatoms. The molecule has 2 aromatic heterocycles. The molecule has 3 rings (SSSR count). The van der Waals surface area contributed by atoms with Crippen LogP contribution in [-0.2, 0) is 6.42 Å². The van der Waals surface area contributed by atoms with Gasteiger partial charge in [-0.3, -0.25) is 4.98 Å². The van der Waals surface area contributed by atoms with Crippen molar-refractivity contribution in [2.75, 3.05) is 5.73 Å². The van der Waals surface area contributed by atoms with Gasteiger partial charge in [0.1, 0.15) is 0 Å². The third kappa shape index (κ3) is 2.29. The van der Waals surface area contributed by atoms with Crippen molar-refractivity contribution in [2.24, 2.45) is 0 Å². The van der Waals surface area contributed by atoms with E-state index in [4.69, 9.17) is 17.3 Å². The molecule has 0 fully saturated rings. The van der Waals surface area contributed by atoms with E-state index >= 15 is 0 Å². The first-order valence-electron chi connectivity index (χ1n) is 5.89. The Morgan fingerprint density at radius 2 is 2.16 bits per heavy atom. The largest absolute Gasteiger partial charge is 0.375 e. The number of nitrogens with two attached hydrogens (primary N) is 1. The average molecular weight is 290 g/mol. The molecule has 0 radical (unpaired) electrons. The molecule has 0 bridgehead atoms. The fraction of sp³-hybridized carbons (Fsp3) is 0.143. The van der Waals surface area contributed by atoms with Crippen LogP contribution in [0.3, 0.4) is 0 Å². The lowest BCUT2D eigenvalue weighted by Crippen LogP contribution is -1.92. The van der Waals surface area contributed by atoms with Crippen LogP contribution in [0.15, 0.2) is 30.5 Å². The van der Waals surface area contributed by atoms with Crippen LogP contribution in [0.5, 0.6) is 0 Å². The molecule has 0 unspecified atom stereocenters. The van der Waals surface area contributed by atoms with E-state index in [-0.39, 0.29) is 0 Å². The lowest BCUT2D eigenvalue weighted by molar-refractivity contribution is 1.15. The number of thiazole rings is 1. The molecule has 1 aromatic carbocycles. The Kier molecular flexibility index (Phi) is 3.12. The van der Waals surface area contributed by atoms with Crippen LogP contribution < -0.4 is 5.73 Å². The van der Waals surface area contributed by atoms with Crippen molar-refractivity contribution in [3.05, 3.63) is 51.6 Å². The van der Waals surface area contributed by atoms with Gasteiger partial charge in [0.15, 0.2) is 5.13 Å². The Morgan fingerprint density at radius 1 is 1.32 bits per heavy atom. The highest BCUT2D eigenvalue weighted by atomic mass is 35.5. The number of anilines is 1. The minimum Gasteiger partial charge on any atom is -0.375 e. The number of aromatic nitrogens is 2. The molecule has 96 valence electrons. The molecule has 19 heavy (non-hydrogen) atoms. The van der Waals surface area contributed by atoms with Crippen molar-refractivity contribution in [1.82, 2.24) is 9.97 Å². The number of nitrogens with zero attached hydrogens (tertiary/aromatic N) is 2. The summed E-state index contributed by atoms with van der Waals surface area (Å²) in [6.07, 6.45) is 2.57. The maximum absolute atomic E-state index is 6.20. The zero-order valence-corrected chi connectivity index (χ0v) is 11.9. The predicted octanol–water partition coefficient (Wildman–Crippen LogP) is 3.83. The van der Waals surface area contributed by atoms with Crippen molar-refractivity contribution in [2.45, 2.75) is 13.3 Å². The SMILES string of the molecule is Cc1nc(N)sc1Cc1ccc(Cl)c2cccnc12. The third-order valence-corrected chi connectivity index (χ3v) is 4.38. The quantitative estimate of drug-likeness (QED) is 0.780. The minimum atomic E-state index is 0.610. The van der Waals surface area contributed by atoms with Gasteiger partial charge in [-0.1, -0.05) is 17.7 Å². The standard InChI is InChI=1S/C14H12ClN3S/c1-8-12(19-14(16)18-8)7-9-4-5-11(15)10-3-2-6-17-13(9)10/h2-6H,7H2,1H3,(H2,16,18). The zero-order chi connectivity index (χ0) is 13.4. The van der Waals surface area contributed by atoms with E-state index < -0.39 is 0 Å². The number of nitrogen functional groups attached to an aromatic ring is 1. The highest BCUT2D eigenvalue weighted by Gasteiger charge is 2.10. The fourth-order valence-electron chi connectivity index (χ4n) is 2.13. The van der Waals surface area contributed by atoms with Crippen molar-refractivity contribution in [3.63, 3.8) is 0 Å². The number of benzene rings is 1. The molecule has 0 atom stereocenters. The van der Waals surface area contributed by atoms with Gasteiger partial charge in [-0.2, -0.15) is 0 Å². The fourth-order valence-corrected chi connectivity index (χ4v) is 3.20. The third-order valence-electron chi connectivity index (χ3n) is 3.06. The molecule has 0 aliphatic rings. The van der Waals surface area contributed by atoms with Crippen LogP contribution in [0.25, 0.3) is 10.9 Å². The summed E-state index contributed by atoms with van der Waals surface area (Å²) in [7, 11) is 0. The molecule has 0 saturated heterocycles. The smallest absolute Gasteiger partial charge is 0.180 e. The van der Waals surface area contributed by atoms with Crippen LogP contribution in [0.1, 0.15) is 16.1 Å². The molecule has 0 amide bonds. The summed E-state index contributed by atoms with van der Waals surface area (Å²) in [5.74, 6) is 0. The number of halogens is 1. The van der Waals surface area contributed by atoms with Crippen LogP contribution in [0.4, 0.5) is 5.13 Å². The van der Waals surface area contributed by atoms with Gasteiger partial charge in [-0.25, -0.2) is 4.98 Å². The van der Waals surface area contributed by atoms with Gasteiger partial charge in [0.25, 0.3) is 0 Å². The molecule has 2 heterocycles. The zero-order valence-electron chi connectivity index (χ0n) is 10.4. The van der Waals surface area contributed by atoms with Crippen molar-refractivity contribution < 1.29 is 0 Å². The summed E-state index contributed by atoms with van der Waals surface area (Å²) in [5.41, 5.74) is 8.82. The Morgan fingerprint density at radius 3 is 2.89 bits per heavy atom. The minimum absolute atomic E-state index is 0.610. The molecule has 0 aliphatic heterocycles. The maximum Gasteiger partial charge on any atom is 0.180 e. The van der Waals surface area contributed by atoms with E-state index in [2.05, 4.69) is 9.97 Å². The van der Waals surface area contributed by atoms with Gasteiger partial charge in [-0.05, 0) is 30.7 Å². The van der Waals surface area contributed by atoms with Gasteiger partial charge in [0.05, 0.1) is 11.2 Å². The number of hydrogen-bond donors (Lipinski definition) is 1. The second-order valence-electron chi connectivity index (χ2n) is 4.34. The molecule has 3 nitrogen and oxygen atoms in total. The number of aryl methyl sites for hydroxylation is 1. The van der Waals surface area contributed by atoms with Gasteiger partial charge >= 0.3 is 0 Å². The molecule has 2 N–H and O–H groups in total. The van der Waals surface area contributed by atoms with Crippen LogP contribution in [0, 0.1) is 6.92 Å². The molecule has 0 spiro atoms. The van der Waals surface area contributed by atoms with Crippen molar-refractivity contribution in [1.29, 1.82) is 0 Å². The molecular weight excluding hydrogens is 278 g/mol. The second kappa shape index (κ2) is 4.79. The Balaban J connectivity index is 2.11. The van der Waals surface area contributed by atoms with Crippen LogP contribution in [0.2, 0.25) is 5.02 Å². The lowest BCUT2D eigenvalue weighted by Gasteiger charge is -2.06.